The van der Waals surface area contributed by atoms with E-state index < -0.39 is 10.0 Å². The van der Waals surface area contributed by atoms with E-state index in [1.165, 1.54) is 32.3 Å². The van der Waals surface area contributed by atoms with Crippen molar-refractivity contribution < 1.29 is 8.42 Å². The van der Waals surface area contributed by atoms with Gasteiger partial charge in [-0.2, -0.15) is 0 Å². The maximum atomic E-state index is 11.6. The predicted molar refractivity (Wildman–Crippen MR) is 56.7 cm³/mol. The Morgan fingerprint density at radius 2 is 1.93 bits per heavy atom. The molecule has 0 spiro atoms. The molecule has 0 amide bonds. The summed E-state index contributed by atoms with van der Waals surface area (Å²) in [5.41, 5.74) is 5.83. The monoisotopic (exact) mass is 234 g/mol. The molecule has 0 saturated carbocycles. The standard InChI is InChI=1S/C8H11ClN2O2S/c1-11(2)14(12,13)6-3-4-8(10)7(9)5-6/h3-5H,10H2,1-2H3. The van der Waals surface area contributed by atoms with Gasteiger partial charge in [0.15, 0.2) is 0 Å². The molecule has 1 aromatic carbocycles. The van der Waals surface area contributed by atoms with Gasteiger partial charge in [0, 0.05) is 14.1 Å². The molecule has 0 aromatic heterocycles. The lowest BCUT2D eigenvalue weighted by molar-refractivity contribution is 0.521. The van der Waals surface area contributed by atoms with Gasteiger partial charge in [-0.3, -0.25) is 0 Å². The van der Waals surface area contributed by atoms with E-state index in [2.05, 4.69) is 0 Å². The van der Waals surface area contributed by atoms with Gasteiger partial charge in [0.2, 0.25) is 10.0 Å². The van der Waals surface area contributed by atoms with Crippen LogP contribution < -0.4 is 5.73 Å². The Labute approximate surface area is 88.3 Å². The lowest BCUT2D eigenvalue weighted by atomic mass is 10.3. The average molecular weight is 235 g/mol. The van der Waals surface area contributed by atoms with Crippen LogP contribution in [0.4, 0.5) is 5.69 Å². The van der Waals surface area contributed by atoms with E-state index in [9.17, 15) is 8.42 Å². The van der Waals surface area contributed by atoms with Crippen LogP contribution in [0.5, 0.6) is 0 Å². The summed E-state index contributed by atoms with van der Waals surface area (Å²) in [6.07, 6.45) is 0. The summed E-state index contributed by atoms with van der Waals surface area (Å²) in [5.74, 6) is 0. The zero-order valence-electron chi connectivity index (χ0n) is 7.86. The SMILES string of the molecule is CN(C)S(=O)(=O)c1ccc(N)c(Cl)c1. The van der Waals surface area contributed by atoms with Crippen LogP contribution in [0.3, 0.4) is 0 Å². The summed E-state index contributed by atoms with van der Waals surface area (Å²) in [6, 6.07) is 4.24. The number of sulfonamides is 1. The third-order valence-electron chi connectivity index (χ3n) is 1.75. The molecule has 14 heavy (non-hydrogen) atoms. The second-order valence-corrected chi connectivity index (χ2v) is 5.53. The highest BCUT2D eigenvalue weighted by molar-refractivity contribution is 7.89. The summed E-state index contributed by atoms with van der Waals surface area (Å²) in [5, 5.41) is 0.243. The molecule has 0 heterocycles. The predicted octanol–water partition coefficient (Wildman–Crippen LogP) is 1.17. The van der Waals surface area contributed by atoms with E-state index in [0.29, 0.717) is 5.69 Å². The first kappa shape index (κ1) is 11.3. The van der Waals surface area contributed by atoms with Crippen molar-refractivity contribution in [1.82, 2.24) is 4.31 Å². The third-order valence-corrected chi connectivity index (χ3v) is 3.89. The van der Waals surface area contributed by atoms with E-state index in [-0.39, 0.29) is 9.92 Å². The van der Waals surface area contributed by atoms with E-state index in [4.69, 9.17) is 17.3 Å². The van der Waals surface area contributed by atoms with Gasteiger partial charge in [0.05, 0.1) is 15.6 Å². The fourth-order valence-electron chi connectivity index (χ4n) is 0.879. The number of hydrogen-bond donors (Lipinski definition) is 1. The van der Waals surface area contributed by atoms with Crippen molar-refractivity contribution >= 4 is 27.3 Å². The number of halogens is 1. The Bertz CT molecular complexity index is 443. The Balaban J connectivity index is 3.29. The maximum Gasteiger partial charge on any atom is 0.242 e. The van der Waals surface area contributed by atoms with Crippen molar-refractivity contribution in [2.45, 2.75) is 4.90 Å². The van der Waals surface area contributed by atoms with Gasteiger partial charge in [0.1, 0.15) is 0 Å². The Hall–Kier alpha value is -0.780. The molecular formula is C8H11ClN2O2S. The van der Waals surface area contributed by atoms with Crippen LogP contribution in [0.25, 0.3) is 0 Å². The van der Waals surface area contributed by atoms with Crippen LogP contribution in [-0.4, -0.2) is 26.8 Å². The molecule has 6 heteroatoms. The molecule has 0 atom stereocenters. The molecule has 0 bridgehead atoms. The highest BCUT2D eigenvalue weighted by Gasteiger charge is 2.17. The number of nitrogen functional groups attached to an aromatic ring is 1. The smallest absolute Gasteiger partial charge is 0.242 e. The van der Waals surface area contributed by atoms with Gasteiger partial charge in [-0.25, -0.2) is 12.7 Å². The van der Waals surface area contributed by atoms with E-state index >= 15 is 0 Å². The topological polar surface area (TPSA) is 63.4 Å². The second-order valence-electron chi connectivity index (χ2n) is 2.97. The van der Waals surface area contributed by atoms with E-state index in [1.807, 2.05) is 0 Å². The fourth-order valence-corrected chi connectivity index (χ4v) is 2.05. The van der Waals surface area contributed by atoms with Crippen molar-refractivity contribution in [1.29, 1.82) is 0 Å². The van der Waals surface area contributed by atoms with Gasteiger partial charge in [-0.1, -0.05) is 11.6 Å². The summed E-state index contributed by atoms with van der Waals surface area (Å²) in [6.45, 7) is 0. The van der Waals surface area contributed by atoms with Crippen molar-refractivity contribution in [3.63, 3.8) is 0 Å². The largest absolute Gasteiger partial charge is 0.398 e. The van der Waals surface area contributed by atoms with Gasteiger partial charge in [-0.05, 0) is 18.2 Å². The summed E-state index contributed by atoms with van der Waals surface area (Å²) in [4.78, 5) is 0.140. The molecule has 1 aromatic rings. The minimum atomic E-state index is -3.42. The quantitative estimate of drug-likeness (QED) is 0.782. The first-order valence-corrected chi connectivity index (χ1v) is 5.65. The molecule has 0 saturated heterocycles. The van der Waals surface area contributed by atoms with Gasteiger partial charge >= 0.3 is 0 Å². The van der Waals surface area contributed by atoms with Crippen molar-refractivity contribution in [2.24, 2.45) is 0 Å². The van der Waals surface area contributed by atoms with Crippen LogP contribution in [0.2, 0.25) is 5.02 Å². The summed E-state index contributed by atoms with van der Waals surface area (Å²) in [7, 11) is -0.507. The van der Waals surface area contributed by atoms with Crippen LogP contribution in [0.15, 0.2) is 23.1 Å². The molecule has 2 N–H and O–H groups in total. The van der Waals surface area contributed by atoms with Crippen LogP contribution >= 0.6 is 11.6 Å². The molecule has 0 radical (unpaired) electrons. The molecule has 0 fully saturated rings. The number of anilines is 1. The number of rotatable bonds is 2. The Morgan fingerprint density at radius 3 is 2.36 bits per heavy atom. The Kier molecular flexibility index (Phi) is 3.04. The molecule has 0 unspecified atom stereocenters. The molecular weight excluding hydrogens is 224 g/mol. The van der Waals surface area contributed by atoms with Gasteiger partial charge in [0.25, 0.3) is 0 Å². The molecule has 0 aliphatic rings. The number of nitrogens with zero attached hydrogens (tertiary/aromatic N) is 1. The first-order valence-electron chi connectivity index (χ1n) is 3.83. The van der Waals surface area contributed by atoms with Crippen LogP contribution in [0, 0.1) is 0 Å². The highest BCUT2D eigenvalue weighted by atomic mass is 35.5. The lowest BCUT2D eigenvalue weighted by Gasteiger charge is -2.11. The van der Waals surface area contributed by atoms with E-state index in [0.717, 1.165) is 4.31 Å². The van der Waals surface area contributed by atoms with E-state index in [1.54, 1.807) is 0 Å². The Morgan fingerprint density at radius 1 is 1.36 bits per heavy atom. The van der Waals surface area contributed by atoms with Gasteiger partial charge in [-0.15, -0.1) is 0 Å². The van der Waals surface area contributed by atoms with Crippen LogP contribution in [-0.2, 0) is 10.0 Å². The minimum absolute atomic E-state index is 0.140. The molecule has 0 aliphatic heterocycles. The fraction of sp³-hybridized carbons (Fsp3) is 0.250. The van der Waals surface area contributed by atoms with Crippen molar-refractivity contribution in [2.75, 3.05) is 19.8 Å². The zero-order chi connectivity index (χ0) is 10.9. The number of nitrogens with two attached hydrogens (primary N) is 1. The first-order chi connectivity index (χ1) is 6.35. The third kappa shape index (κ3) is 2.00. The second kappa shape index (κ2) is 3.76. The normalized spacial score (nSPS) is 12.0. The summed E-state index contributed by atoms with van der Waals surface area (Å²) >= 11 is 5.72. The van der Waals surface area contributed by atoms with Crippen molar-refractivity contribution in [3.8, 4) is 0 Å². The number of hydrogen-bond acceptors (Lipinski definition) is 3. The van der Waals surface area contributed by atoms with Crippen molar-refractivity contribution in [3.05, 3.63) is 23.2 Å². The summed E-state index contributed by atoms with van der Waals surface area (Å²) < 4.78 is 24.4. The minimum Gasteiger partial charge on any atom is -0.398 e. The van der Waals surface area contributed by atoms with Gasteiger partial charge < -0.3 is 5.73 Å². The molecule has 78 valence electrons. The van der Waals surface area contributed by atoms with Crippen LogP contribution in [0.1, 0.15) is 0 Å². The average Bonchev–Trinajstić information content (AvgIpc) is 2.09. The molecule has 0 aliphatic carbocycles. The maximum absolute atomic E-state index is 11.6. The molecule has 1 rings (SSSR count). The molecule has 4 nitrogen and oxygen atoms in total. The highest BCUT2D eigenvalue weighted by Crippen LogP contribution is 2.23. The zero-order valence-corrected chi connectivity index (χ0v) is 9.43. The number of benzene rings is 1. The lowest BCUT2D eigenvalue weighted by Crippen LogP contribution is -2.22.